The lowest BCUT2D eigenvalue weighted by Crippen LogP contribution is -2.47. The minimum atomic E-state index is -1.39. The van der Waals surface area contributed by atoms with Crippen molar-refractivity contribution in [2.45, 2.75) is 251 Å². The number of carbonyl (C=O) groups is 4. The summed E-state index contributed by atoms with van der Waals surface area (Å²) in [7, 11) is 0. The standard InChI is InChI=1S/C57H98N2O7/c1-3-5-7-9-11-13-15-17-19-20-21-22-23-24-25-26-28-30-32-34-36-41-45-49-56(63)66-52(46-42-38-35-33-31-29-27-18-16-14-12-10-8-6-4-2)47-43-39-37-40-44-48-54(61)58-50-55(62)59-53(51-60)57(64)65/h6,8,12,14-15,17-18,20-21,27,31,33,52-53,60H,3-5,7,9-11,13,16,19,22-26,28-30,32,34-51H2,1-2H3,(H,58,61)(H,59,62)(H,64,65)/b8-6-,14-12-,17-15-,21-20-,27-18-,33-31-. The van der Waals surface area contributed by atoms with Crippen LogP contribution in [0.5, 0.6) is 0 Å². The van der Waals surface area contributed by atoms with Crippen LogP contribution >= 0.6 is 0 Å². The molecule has 0 fully saturated rings. The second kappa shape index (κ2) is 50.7. The molecule has 0 aromatic carbocycles. The highest BCUT2D eigenvalue weighted by Gasteiger charge is 2.19. The van der Waals surface area contributed by atoms with Crippen LogP contribution < -0.4 is 10.6 Å². The number of allylic oxidation sites excluding steroid dienone is 12. The summed E-state index contributed by atoms with van der Waals surface area (Å²) in [6, 6.07) is -1.39. The molecule has 0 spiro atoms. The fourth-order valence-electron chi connectivity index (χ4n) is 7.62. The Kier molecular flexibility index (Phi) is 47.8. The molecule has 0 saturated carbocycles. The second-order valence-corrected chi connectivity index (χ2v) is 17.9. The van der Waals surface area contributed by atoms with Crippen LogP contribution in [0.1, 0.15) is 239 Å². The van der Waals surface area contributed by atoms with Gasteiger partial charge in [0.1, 0.15) is 12.1 Å². The lowest BCUT2D eigenvalue weighted by Gasteiger charge is -2.18. The molecule has 0 aromatic heterocycles. The fourth-order valence-corrected chi connectivity index (χ4v) is 7.62. The van der Waals surface area contributed by atoms with Crippen molar-refractivity contribution in [3.63, 3.8) is 0 Å². The van der Waals surface area contributed by atoms with Crippen molar-refractivity contribution < 1.29 is 34.1 Å². The normalized spacial score (nSPS) is 13.0. The first-order valence-corrected chi connectivity index (χ1v) is 26.8. The number of ether oxygens (including phenoxy) is 1. The molecule has 0 aliphatic heterocycles. The SMILES string of the molecule is CC/C=C\C/C=C\C/C=C\C/C=C\CCCCC(CCCCCCCC(=O)NCC(=O)NC(CO)C(=O)O)OC(=O)CCCCCCCCCCCCC/C=C\C/C=C\CCCCCCC. The van der Waals surface area contributed by atoms with Gasteiger partial charge in [-0.25, -0.2) is 4.79 Å². The molecule has 0 radical (unpaired) electrons. The fraction of sp³-hybridized carbons (Fsp3) is 0.719. The Morgan fingerprint density at radius 3 is 1.33 bits per heavy atom. The number of carbonyl (C=O) groups excluding carboxylic acids is 3. The van der Waals surface area contributed by atoms with E-state index in [1.165, 1.54) is 103 Å². The molecule has 0 heterocycles. The van der Waals surface area contributed by atoms with E-state index in [1.807, 2.05) is 0 Å². The van der Waals surface area contributed by atoms with Crippen molar-refractivity contribution in [2.75, 3.05) is 13.2 Å². The van der Waals surface area contributed by atoms with Gasteiger partial charge in [0, 0.05) is 12.8 Å². The molecular weight excluding hydrogens is 825 g/mol. The number of amides is 2. The molecule has 9 heteroatoms. The highest BCUT2D eigenvalue weighted by Crippen LogP contribution is 2.18. The van der Waals surface area contributed by atoms with Crippen LogP contribution in [0, 0.1) is 0 Å². The van der Waals surface area contributed by atoms with E-state index >= 15 is 0 Å². The van der Waals surface area contributed by atoms with Crippen LogP contribution in [-0.2, 0) is 23.9 Å². The van der Waals surface area contributed by atoms with Gasteiger partial charge in [-0.05, 0) is 109 Å². The number of aliphatic hydroxyl groups excluding tert-OH is 1. The molecule has 2 unspecified atom stereocenters. The Balaban J connectivity index is 4.32. The number of aliphatic carboxylic acids is 1. The van der Waals surface area contributed by atoms with Crippen molar-refractivity contribution in [1.29, 1.82) is 0 Å². The van der Waals surface area contributed by atoms with E-state index in [1.54, 1.807) is 0 Å². The summed E-state index contributed by atoms with van der Waals surface area (Å²) in [5.74, 6) is -2.33. The van der Waals surface area contributed by atoms with E-state index in [0.29, 0.717) is 12.8 Å². The quantitative estimate of drug-likeness (QED) is 0.0270. The maximum atomic E-state index is 12.9. The molecule has 4 N–H and O–H groups in total. The highest BCUT2D eigenvalue weighted by molar-refractivity contribution is 5.87. The van der Waals surface area contributed by atoms with Crippen molar-refractivity contribution in [2.24, 2.45) is 0 Å². The summed E-state index contributed by atoms with van der Waals surface area (Å²) in [5, 5.41) is 22.6. The highest BCUT2D eigenvalue weighted by atomic mass is 16.5. The lowest BCUT2D eigenvalue weighted by atomic mass is 10.0. The van der Waals surface area contributed by atoms with Gasteiger partial charge in [0.25, 0.3) is 0 Å². The summed E-state index contributed by atoms with van der Waals surface area (Å²) >= 11 is 0. The molecule has 0 saturated heterocycles. The first kappa shape index (κ1) is 62.3. The Bertz CT molecular complexity index is 1330. The Labute approximate surface area is 403 Å². The third-order valence-electron chi connectivity index (χ3n) is 11.7. The van der Waals surface area contributed by atoms with Crippen LogP contribution in [0.2, 0.25) is 0 Å². The number of hydrogen-bond acceptors (Lipinski definition) is 6. The third kappa shape index (κ3) is 46.8. The van der Waals surface area contributed by atoms with Gasteiger partial charge in [-0.15, -0.1) is 0 Å². The first-order valence-electron chi connectivity index (χ1n) is 26.8. The van der Waals surface area contributed by atoms with E-state index in [2.05, 4.69) is 97.4 Å². The van der Waals surface area contributed by atoms with Crippen molar-refractivity contribution in [3.8, 4) is 0 Å². The molecule has 0 aliphatic carbocycles. The summed E-state index contributed by atoms with van der Waals surface area (Å²) in [6.45, 7) is 3.37. The number of aliphatic hydroxyl groups is 1. The number of unbranched alkanes of at least 4 members (excludes halogenated alkanes) is 22. The zero-order chi connectivity index (χ0) is 48.2. The molecule has 0 aromatic rings. The number of hydrogen-bond donors (Lipinski definition) is 4. The van der Waals surface area contributed by atoms with Gasteiger partial charge in [0.05, 0.1) is 13.2 Å². The third-order valence-corrected chi connectivity index (χ3v) is 11.7. The zero-order valence-electron chi connectivity index (χ0n) is 42.2. The number of nitrogens with one attached hydrogen (secondary N) is 2. The van der Waals surface area contributed by atoms with Crippen LogP contribution in [-0.4, -0.2) is 59.3 Å². The molecular formula is C57H98N2O7. The van der Waals surface area contributed by atoms with E-state index in [0.717, 1.165) is 103 Å². The number of esters is 1. The molecule has 0 aliphatic rings. The predicted octanol–water partition coefficient (Wildman–Crippen LogP) is 14.6. The average Bonchev–Trinajstić information content (AvgIpc) is 3.30. The Hall–Kier alpha value is -3.72. The topological polar surface area (TPSA) is 142 Å². The summed E-state index contributed by atoms with van der Waals surface area (Å²) < 4.78 is 6.06. The summed E-state index contributed by atoms with van der Waals surface area (Å²) in [5.41, 5.74) is 0. The van der Waals surface area contributed by atoms with E-state index in [-0.39, 0.29) is 30.9 Å². The minimum Gasteiger partial charge on any atom is -0.480 e. The minimum absolute atomic E-state index is 0.0585. The zero-order valence-corrected chi connectivity index (χ0v) is 42.2. The van der Waals surface area contributed by atoms with Crippen molar-refractivity contribution in [3.05, 3.63) is 72.9 Å². The second-order valence-electron chi connectivity index (χ2n) is 17.9. The molecule has 2 amide bonds. The van der Waals surface area contributed by atoms with Gasteiger partial charge >= 0.3 is 11.9 Å². The molecule has 378 valence electrons. The van der Waals surface area contributed by atoms with Gasteiger partial charge in [0.15, 0.2) is 0 Å². The smallest absolute Gasteiger partial charge is 0.328 e. The van der Waals surface area contributed by atoms with E-state index in [9.17, 15) is 19.2 Å². The number of carboxylic acids is 1. The number of carboxylic acid groups (broad SMARTS) is 1. The van der Waals surface area contributed by atoms with Gasteiger partial charge in [-0.1, -0.05) is 189 Å². The Morgan fingerprint density at radius 2 is 0.864 bits per heavy atom. The van der Waals surface area contributed by atoms with Crippen molar-refractivity contribution in [1.82, 2.24) is 10.6 Å². The van der Waals surface area contributed by atoms with Gasteiger partial charge in [-0.3, -0.25) is 14.4 Å². The maximum Gasteiger partial charge on any atom is 0.328 e. The van der Waals surface area contributed by atoms with E-state index < -0.39 is 24.5 Å². The monoisotopic (exact) mass is 923 g/mol. The molecule has 0 rings (SSSR count). The average molecular weight is 923 g/mol. The van der Waals surface area contributed by atoms with Crippen molar-refractivity contribution >= 4 is 23.8 Å². The molecule has 9 nitrogen and oxygen atoms in total. The van der Waals surface area contributed by atoms with Gasteiger partial charge < -0.3 is 25.6 Å². The Morgan fingerprint density at radius 1 is 0.470 bits per heavy atom. The summed E-state index contributed by atoms with van der Waals surface area (Å²) in [4.78, 5) is 47.9. The van der Waals surface area contributed by atoms with Gasteiger partial charge in [0.2, 0.25) is 11.8 Å². The predicted molar refractivity (Wildman–Crippen MR) is 277 cm³/mol. The summed E-state index contributed by atoms with van der Waals surface area (Å²) in [6.07, 6.45) is 65.1. The van der Waals surface area contributed by atoms with Gasteiger partial charge in [-0.2, -0.15) is 0 Å². The van der Waals surface area contributed by atoms with Crippen LogP contribution in [0.3, 0.4) is 0 Å². The number of rotatable bonds is 48. The molecule has 2 atom stereocenters. The lowest BCUT2D eigenvalue weighted by molar-refractivity contribution is -0.150. The molecule has 66 heavy (non-hydrogen) atoms. The van der Waals surface area contributed by atoms with E-state index in [4.69, 9.17) is 14.9 Å². The van der Waals surface area contributed by atoms with Crippen LogP contribution in [0.25, 0.3) is 0 Å². The first-order chi connectivity index (χ1) is 32.3. The van der Waals surface area contributed by atoms with Crippen LogP contribution in [0.15, 0.2) is 72.9 Å². The molecule has 0 bridgehead atoms. The maximum absolute atomic E-state index is 12.9. The largest absolute Gasteiger partial charge is 0.480 e. The van der Waals surface area contributed by atoms with Crippen LogP contribution in [0.4, 0.5) is 0 Å².